The number of quaternary nitrogens is 1. The van der Waals surface area contributed by atoms with E-state index in [-0.39, 0.29) is 6.54 Å². The molecule has 0 bridgehead atoms. The van der Waals surface area contributed by atoms with Gasteiger partial charge in [-0.3, -0.25) is 0 Å². The average Bonchev–Trinajstić information content (AvgIpc) is 2.62. The second kappa shape index (κ2) is 4.32. The highest BCUT2D eigenvalue weighted by Gasteiger charge is 2.74. The Labute approximate surface area is 96.3 Å². The summed E-state index contributed by atoms with van der Waals surface area (Å²) in [4.78, 5) is 2.31. The SMILES string of the molecule is CC1=NCC[NH+]1C(F)(F)C(F)C(F)(F)C(F)(F)F. The van der Waals surface area contributed by atoms with Crippen LogP contribution in [0.4, 0.5) is 35.1 Å². The normalized spacial score (nSPS) is 24.1. The lowest BCUT2D eigenvalue weighted by Gasteiger charge is -2.30. The topological polar surface area (TPSA) is 16.8 Å². The number of hydrogen-bond donors (Lipinski definition) is 1. The van der Waals surface area contributed by atoms with E-state index in [0.29, 0.717) is 0 Å². The maximum atomic E-state index is 13.3. The lowest BCUT2D eigenvalue weighted by molar-refractivity contribution is -0.911. The van der Waals surface area contributed by atoms with Gasteiger partial charge in [-0.25, -0.2) is 14.3 Å². The Morgan fingerprint density at radius 2 is 1.61 bits per heavy atom. The first-order valence-electron chi connectivity index (χ1n) is 4.76. The first-order chi connectivity index (χ1) is 7.92. The Balaban J connectivity index is 3.02. The molecule has 2 nitrogen and oxygen atoms in total. The molecule has 0 radical (unpaired) electrons. The fourth-order valence-electron chi connectivity index (χ4n) is 1.54. The summed E-state index contributed by atoms with van der Waals surface area (Å²) in [5, 5.41) is 0. The van der Waals surface area contributed by atoms with Gasteiger partial charge in [-0.15, -0.1) is 8.78 Å². The third-order valence-corrected chi connectivity index (χ3v) is 2.56. The molecule has 0 amide bonds. The number of nitrogens with one attached hydrogen (secondary N) is 1. The minimum absolute atomic E-state index is 0.179. The molecule has 1 N–H and O–H groups in total. The number of amidine groups is 1. The molecule has 10 heteroatoms. The molecule has 1 aliphatic heterocycles. The first kappa shape index (κ1) is 15.1. The van der Waals surface area contributed by atoms with E-state index in [4.69, 9.17) is 0 Å². The monoisotopic (exact) mass is 285 g/mol. The van der Waals surface area contributed by atoms with Crippen LogP contribution in [0.1, 0.15) is 6.92 Å². The molecule has 2 unspecified atom stereocenters. The zero-order valence-corrected chi connectivity index (χ0v) is 8.96. The van der Waals surface area contributed by atoms with Gasteiger partial charge < -0.3 is 0 Å². The highest BCUT2D eigenvalue weighted by atomic mass is 19.4. The van der Waals surface area contributed by atoms with Gasteiger partial charge in [0.05, 0.1) is 6.54 Å². The van der Waals surface area contributed by atoms with E-state index < -0.39 is 41.6 Å². The molecular weight excluding hydrogens is 276 g/mol. The lowest BCUT2D eigenvalue weighted by Crippen LogP contribution is -3.21. The number of aliphatic imine (C=N–C) groups is 1. The number of halogens is 8. The van der Waals surface area contributed by atoms with Gasteiger partial charge in [-0.2, -0.15) is 22.0 Å². The molecule has 18 heavy (non-hydrogen) atoms. The Morgan fingerprint density at radius 1 is 1.11 bits per heavy atom. The number of alkyl halides is 8. The number of nitrogens with zero attached hydrogens (tertiary/aromatic N) is 1. The Kier molecular flexibility index (Phi) is 3.63. The summed E-state index contributed by atoms with van der Waals surface area (Å²) >= 11 is 0. The van der Waals surface area contributed by atoms with Crippen LogP contribution in [-0.4, -0.2) is 43.2 Å². The summed E-state index contributed by atoms with van der Waals surface area (Å²) in [6.45, 7) is 0.295. The molecule has 1 aliphatic rings. The van der Waals surface area contributed by atoms with Crippen molar-refractivity contribution >= 4 is 5.84 Å². The first-order valence-corrected chi connectivity index (χ1v) is 4.76. The Bertz CT molecular complexity index is 347. The number of hydrogen-bond acceptors (Lipinski definition) is 1. The molecule has 0 aromatic carbocycles. The second-order valence-electron chi connectivity index (χ2n) is 3.80. The van der Waals surface area contributed by atoms with Crippen LogP contribution in [0.3, 0.4) is 0 Å². The van der Waals surface area contributed by atoms with Crippen molar-refractivity contribution in [2.75, 3.05) is 13.1 Å². The molecular formula is C8H9F8N2+. The zero-order chi connectivity index (χ0) is 14.4. The maximum Gasteiger partial charge on any atom is 0.457 e. The van der Waals surface area contributed by atoms with Crippen molar-refractivity contribution in [1.29, 1.82) is 0 Å². The van der Waals surface area contributed by atoms with Gasteiger partial charge in [0, 0.05) is 6.92 Å². The minimum atomic E-state index is -6.37. The number of rotatable bonds is 3. The van der Waals surface area contributed by atoms with Crippen molar-refractivity contribution in [3.8, 4) is 0 Å². The molecule has 106 valence electrons. The van der Waals surface area contributed by atoms with Crippen molar-refractivity contribution in [3.05, 3.63) is 0 Å². The molecule has 0 aromatic heterocycles. The van der Waals surface area contributed by atoms with Gasteiger partial charge in [0.15, 0.2) is 5.84 Å². The van der Waals surface area contributed by atoms with Gasteiger partial charge in [-0.05, 0) is 0 Å². The summed E-state index contributed by atoms with van der Waals surface area (Å²) in [6.07, 6.45) is -11.0. The fraction of sp³-hybridized carbons (Fsp3) is 0.875. The van der Waals surface area contributed by atoms with E-state index in [0.717, 1.165) is 6.92 Å². The Morgan fingerprint density at radius 3 is 1.94 bits per heavy atom. The lowest BCUT2D eigenvalue weighted by atomic mass is 10.1. The van der Waals surface area contributed by atoms with Crippen LogP contribution in [0, 0.1) is 0 Å². The van der Waals surface area contributed by atoms with Crippen molar-refractivity contribution in [2.24, 2.45) is 4.99 Å². The van der Waals surface area contributed by atoms with Gasteiger partial charge in [0.1, 0.15) is 6.54 Å². The van der Waals surface area contributed by atoms with E-state index >= 15 is 0 Å². The smallest absolute Gasteiger partial charge is 0.233 e. The molecule has 0 saturated carbocycles. The largest absolute Gasteiger partial charge is 0.457 e. The summed E-state index contributed by atoms with van der Waals surface area (Å²) < 4.78 is 100. The minimum Gasteiger partial charge on any atom is -0.233 e. The molecule has 0 saturated heterocycles. The molecule has 0 aromatic rings. The van der Waals surface area contributed by atoms with Crippen LogP contribution < -0.4 is 4.90 Å². The fourth-order valence-corrected chi connectivity index (χ4v) is 1.54. The summed E-state index contributed by atoms with van der Waals surface area (Å²) in [7, 11) is 0. The van der Waals surface area contributed by atoms with Crippen LogP contribution in [0.5, 0.6) is 0 Å². The maximum absolute atomic E-state index is 13.3. The van der Waals surface area contributed by atoms with Gasteiger partial charge >= 0.3 is 18.1 Å². The molecule has 1 heterocycles. The molecule has 0 aliphatic carbocycles. The third-order valence-electron chi connectivity index (χ3n) is 2.56. The van der Waals surface area contributed by atoms with Gasteiger partial charge in [0.2, 0.25) is 0 Å². The van der Waals surface area contributed by atoms with Crippen molar-refractivity contribution < 1.29 is 40.0 Å². The standard InChI is InChI=1S/C8H8F8N2/c1-4-17-2-3-18(4)7(12,13)5(9)6(10,11)8(14,15)16/h5H,2-3H2,1H3/p+1. The van der Waals surface area contributed by atoms with Crippen LogP contribution in [0.15, 0.2) is 4.99 Å². The summed E-state index contributed by atoms with van der Waals surface area (Å²) in [6, 6.07) is -4.90. The van der Waals surface area contributed by atoms with Crippen molar-refractivity contribution in [2.45, 2.75) is 31.2 Å². The third kappa shape index (κ3) is 2.29. The predicted octanol–water partition coefficient (Wildman–Crippen LogP) is 1.43. The average molecular weight is 285 g/mol. The molecule has 1 rings (SSSR count). The van der Waals surface area contributed by atoms with Crippen LogP contribution in [0.2, 0.25) is 0 Å². The van der Waals surface area contributed by atoms with E-state index in [9.17, 15) is 35.1 Å². The molecule has 2 atom stereocenters. The second-order valence-corrected chi connectivity index (χ2v) is 3.80. The van der Waals surface area contributed by atoms with Crippen LogP contribution in [0.25, 0.3) is 0 Å². The van der Waals surface area contributed by atoms with Crippen LogP contribution >= 0.6 is 0 Å². The van der Waals surface area contributed by atoms with E-state index in [1.165, 1.54) is 0 Å². The summed E-state index contributed by atoms with van der Waals surface area (Å²) in [5.74, 6) is -6.52. The Hall–Kier alpha value is -0.930. The summed E-state index contributed by atoms with van der Waals surface area (Å²) in [5.41, 5.74) is 0. The highest BCUT2D eigenvalue weighted by Crippen LogP contribution is 2.43. The zero-order valence-electron chi connectivity index (χ0n) is 8.96. The molecule has 0 fully saturated rings. The van der Waals surface area contributed by atoms with Crippen molar-refractivity contribution in [1.82, 2.24) is 0 Å². The van der Waals surface area contributed by atoms with E-state index in [2.05, 4.69) is 4.99 Å². The highest BCUT2D eigenvalue weighted by molar-refractivity contribution is 5.71. The van der Waals surface area contributed by atoms with Gasteiger partial charge in [0.25, 0.3) is 6.17 Å². The quantitative estimate of drug-likeness (QED) is 0.597. The predicted molar refractivity (Wildman–Crippen MR) is 44.7 cm³/mol. The van der Waals surface area contributed by atoms with Gasteiger partial charge in [-0.1, -0.05) is 0 Å². The van der Waals surface area contributed by atoms with Crippen molar-refractivity contribution in [3.63, 3.8) is 0 Å². The van der Waals surface area contributed by atoms with E-state index in [1.54, 1.807) is 0 Å². The van der Waals surface area contributed by atoms with E-state index in [1.807, 2.05) is 0 Å². The van der Waals surface area contributed by atoms with Crippen LogP contribution in [-0.2, 0) is 0 Å². The molecule has 0 spiro atoms.